The van der Waals surface area contributed by atoms with Crippen molar-refractivity contribution in [2.75, 3.05) is 31.6 Å². The smallest absolute Gasteiger partial charge is 0.291 e. The van der Waals surface area contributed by atoms with Crippen molar-refractivity contribution < 1.29 is 23.5 Å². The van der Waals surface area contributed by atoms with Crippen LogP contribution in [0.3, 0.4) is 0 Å². The lowest BCUT2D eigenvalue weighted by Crippen LogP contribution is -2.41. The number of hydrogen-bond donors (Lipinski definition) is 1. The Morgan fingerprint density at radius 3 is 2.38 bits per heavy atom. The molecule has 0 spiro atoms. The Hall–Kier alpha value is -4.37. The number of carbonyl (C=O) groups is 2. The van der Waals surface area contributed by atoms with Gasteiger partial charge in [0.2, 0.25) is 0 Å². The fraction of sp³-hybridized carbons (Fsp3) is 0.323. The van der Waals surface area contributed by atoms with E-state index in [1.807, 2.05) is 25.1 Å². The molecule has 1 saturated heterocycles. The van der Waals surface area contributed by atoms with Gasteiger partial charge in [-0.05, 0) is 42.3 Å². The molecular formula is C31H34N4O5. The van der Waals surface area contributed by atoms with Gasteiger partial charge in [-0.15, -0.1) is 0 Å². The number of nitrogens with zero attached hydrogens (tertiary/aromatic N) is 3. The summed E-state index contributed by atoms with van der Waals surface area (Å²) in [4.78, 5) is 27.8. The van der Waals surface area contributed by atoms with E-state index in [0.717, 1.165) is 0 Å². The first-order valence-corrected chi connectivity index (χ1v) is 13.5. The topological polar surface area (TPSA) is 98.8 Å². The molecule has 0 aliphatic carbocycles. The summed E-state index contributed by atoms with van der Waals surface area (Å²) in [5.74, 6) is 0.670. The van der Waals surface area contributed by atoms with Crippen LogP contribution in [0, 0.1) is 0 Å². The summed E-state index contributed by atoms with van der Waals surface area (Å²) >= 11 is 0. The van der Waals surface area contributed by atoms with Crippen LogP contribution in [-0.2, 0) is 23.3 Å². The van der Waals surface area contributed by atoms with Gasteiger partial charge in [0.1, 0.15) is 23.8 Å². The summed E-state index contributed by atoms with van der Waals surface area (Å²) in [5, 5.41) is 7.06. The summed E-state index contributed by atoms with van der Waals surface area (Å²) in [6.45, 7) is 8.92. The third-order valence-corrected chi connectivity index (χ3v) is 7.23. The first-order chi connectivity index (χ1) is 19.4. The van der Waals surface area contributed by atoms with Crippen molar-refractivity contribution in [1.82, 2.24) is 14.7 Å². The Balaban J connectivity index is 1.21. The number of furan rings is 1. The highest BCUT2D eigenvalue weighted by Gasteiger charge is 2.27. The van der Waals surface area contributed by atoms with Crippen molar-refractivity contribution >= 4 is 17.5 Å². The Morgan fingerprint density at radius 2 is 1.68 bits per heavy atom. The third kappa shape index (κ3) is 5.79. The summed E-state index contributed by atoms with van der Waals surface area (Å²) in [6, 6.07) is 21.7. The van der Waals surface area contributed by atoms with Crippen molar-refractivity contribution in [3.63, 3.8) is 0 Å². The summed E-state index contributed by atoms with van der Waals surface area (Å²) in [7, 11) is 0. The van der Waals surface area contributed by atoms with Gasteiger partial charge in [0.05, 0.1) is 25.1 Å². The van der Waals surface area contributed by atoms with Gasteiger partial charge < -0.3 is 24.1 Å². The number of hydrogen-bond acceptors (Lipinski definition) is 6. The van der Waals surface area contributed by atoms with Crippen molar-refractivity contribution in [1.29, 1.82) is 0 Å². The molecule has 1 fully saturated rings. The van der Waals surface area contributed by atoms with Gasteiger partial charge in [-0.2, -0.15) is 5.10 Å². The standard InChI is InChI=1S/C31H34N4O5/c1-4-35-28(30(37)34-16-18-38-19-17-34)26(20-32-35)33-29(36)27-15-14-25(40-27)21-39-24-12-10-23(11-13-24)31(2,3)22-8-6-5-7-9-22/h5-15,20H,4,16-19,21H2,1-3H3,(H,33,36). The molecule has 0 atom stereocenters. The van der Waals surface area contributed by atoms with Crippen LogP contribution in [0.25, 0.3) is 0 Å². The molecule has 1 N–H and O–H groups in total. The molecule has 3 heterocycles. The Bertz CT molecular complexity index is 1450. The van der Waals surface area contributed by atoms with Crippen LogP contribution in [0.15, 0.2) is 77.3 Å². The zero-order chi connectivity index (χ0) is 28.1. The molecule has 1 aliphatic heterocycles. The van der Waals surface area contributed by atoms with Gasteiger partial charge in [0.25, 0.3) is 11.8 Å². The van der Waals surface area contributed by atoms with Crippen LogP contribution in [0.2, 0.25) is 0 Å². The predicted molar refractivity (Wildman–Crippen MR) is 151 cm³/mol. The van der Waals surface area contributed by atoms with Gasteiger partial charge in [-0.25, -0.2) is 0 Å². The lowest BCUT2D eigenvalue weighted by molar-refractivity contribution is 0.0295. The first kappa shape index (κ1) is 27.2. The molecule has 2 aromatic carbocycles. The molecule has 0 unspecified atom stereocenters. The van der Waals surface area contributed by atoms with E-state index >= 15 is 0 Å². The number of nitrogens with one attached hydrogen (secondary N) is 1. The van der Waals surface area contributed by atoms with E-state index in [-0.39, 0.29) is 23.7 Å². The highest BCUT2D eigenvalue weighted by Crippen LogP contribution is 2.32. The van der Waals surface area contributed by atoms with Crippen LogP contribution in [0.4, 0.5) is 5.69 Å². The molecule has 2 amide bonds. The second kappa shape index (κ2) is 11.8. The molecule has 9 nitrogen and oxygen atoms in total. The molecule has 40 heavy (non-hydrogen) atoms. The molecular weight excluding hydrogens is 508 g/mol. The largest absolute Gasteiger partial charge is 0.486 e. The number of aromatic nitrogens is 2. The van der Waals surface area contributed by atoms with Crippen LogP contribution < -0.4 is 10.1 Å². The SMILES string of the molecule is CCn1ncc(NC(=O)c2ccc(COc3ccc(C(C)(C)c4ccccc4)cc3)o2)c1C(=O)N1CCOCC1. The second-order valence-electron chi connectivity index (χ2n) is 10.2. The first-order valence-electron chi connectivity index (χ1n) is 13.5. The molecule has 2 aromatic heterocycles. The van der Waals surface area contributed by atoms with Gasteiger partial charge in [0.15, 0.2) is 5.76 Å². The maximum Gasteiger partial charge on any atom is 0.291 e. The predicted octanol–water partition coefficient (Wildman–Crippen LogP) is 5.13. The minimum absolute atomic E-state index is 0.118. The maximum atomic E-state index is 13.2. The van der Waals surface area contributed by atoms with Crippen molar-refractivity contribution in [2.24, 2.45) is 0 Å². The zero-order valence-electron chi connectivity index (χ0n) is 23.1. The quantitative estimate of drug-likeness (QED) is 0.315. The summed E-state index contributed by atoms with van der Waals surface area (Å²) < 4.78 is 18.6. The van der Waals surface area contributed by atoms with Crippen molar-refractivity contribution in [3.05, 3.63) is 101 Å². The van der Waals surface area contributed by atoms with Crippen LogP contribution in [0.1, 0.15) is 58.7 Å². The van der Waals surface area contributed by atoms with Gasteiger partial charge in [0, 0.05) is 25.0 Å². The average Bonchev–Trinajstić information content (AvgIpc) is 3.64. The normalized spacial score (nSPS) is 13.7. The van der Waals surface area contributed by atoms with Gasteiger partial charge >= 0.3 is 0 Å². The number of ether oxygens (including phenoxy) is 2. The fourth-order valence-corrected chi connectivity index (χ4v) is 4.76. The number of amides is 2. The van der Waals surface area contributed by atoms with E-state index in [2.05, 4.69) is 60.7 Å². The van der Waals surface area contributed by atoms with Crippen molar-refractivity contribution in [2.45, 2.75) is 39.3 Å². The Kier molecular flexibility index (Phi) is 8.02. The number of aryl methyl sites for hydroxylation is 1. The molecule has 0 radical (unpaired) electrons. The highest BCUT2D eigenvalue weighted by molar-refractivity contribution is 6.07. The number of benzene rings is 2. The van der Waals surface area contributed by atoms with E-state index in [9.17, 15) is 9.59 Å². The summed E-state index contributed by atoms with van der Waals surface area (Å²) in [5.41, 5.74) is 2.97. The minimum atomic E-state index is -0.467. The molecule has 0 bridgehead atoms. The van der Waals surface area contributed by atoms with Crippen LogP contribution in [-0.4, -0.2) is 52.8 Å². The Morgan fingerprint density at radius 1 is 0.975 bits per heavy atom. The number of anilines is 1. The van der Waals surface area contributed by atoms with Crippen LogP contribution in [0.5, 0.6) is 5.75 Å². The minimum Gasteiger partial charge on any atom is -0.486 e. The van der Waals surface area contributed by atoms with E-state index in [4.69, 9.17) is 13.9 Å². The van der Waals surface area contributed by atoms with Gasteiger partial charge in [-0.3, -0.25) is 14.3 Å². The molecule has 0 saturated carbocycles. The van der Waals surface area contributed by atoms with Crippen LogP contribution >= 0.6 is 0 Å². The van der Waals surface area contributed by atoms with E-state index in [1.54, 1.807) is 21.7 Å². The lowest BCUT2D eigenvalue weighted by Gasteiger charge is -2.27. The fourth-order valence-electron chi connectivity index (χ4n) is 4.76. The average molecular weight is 543 g/mol. The number of carbonyl (C=O) groups excluding carboxylic acids is 2. The van der Waals surface area contributed by atoms with E-state index in [1.165, 1.54) is 17.3 Å². The lowest BCUT2D eigenvalue weighted by atomic mass is 9.78. The molecule has 1 aliphatic rings. The second-order valence-corrected chi connectivity index (χ2v) is 10.2. The zero-order valence-corrected chi connectivity index (χ0v) is 23.1. The third-order valence-electron chi connectivity index (χ3n) is 7.23. The van der Waals surface area contributed by atoms with Crippen molar-refractivity contribution in [3.8, 4) is 5.75 Å². The van der Waals surface area contributed by atoms with E-state index < -0.39 is 5.91 Å². The van der Waals surface area contributed by atoms with Gasteiger partial charge in [-0.1, -0.05) is 56.3 Å². The highest BCUT2D eigenvalue weighted by atomic mass is 16.5. The van der Waals surface area contributed by atoms with E-state index in [0.29, 0.717) is 55.7 Å². The monoisotopic (exact) mass is 542 g/mol. The Labute approximate surface area is 233 Å². The maximum absolute atomic E-state index is 13.2. The molecule has 5 rings (SSSR count). The number of rotatable bonds is 9. The molecule has 9 heteroatoms. The molecule has 4 aromatic rings. The summed E-state index contributed by atoms with van der Waals surface area (Å²) in [6.07, 6.45) is 1.49. The number of morpholine rings is 1. The molecule has 208 valence electrons.